The summed E-state index contributed by atoms with van der Waals surface area (Å²) < 4.78 is 46.2. The number of carbonyl (C=O) groups is 3. The number of sulfonamides is 1. The maximum Gasteiger partial charge on any atom is 0.324 e. The smallest absolute Gasteiger partial charge is 0.324 e. The summed E-state index contributed by atoms with van der Waals surface area (Å²) in [6.45, 7) is 2.19. The molecule has 11 heteroatoms. The number of carbonyl (C=O) groups excluding carboxylic acids is 3. The van der Waals surface area contributed by atoms with Crippen molar-refractivity contribution in [3.8, 4) is 0 Å². The number of nitrogens with zero attached hydrogens (tertiary/aromatic N) is 1. The van der Waals surface area contributed by atoms with E-state index in [1.54, 1.807) is 38.1 Å². The van der Waals surface area contributed by atoms with Crippen LogP contribution in [0.1, 0.15) is 13.8 Å². The van der Waals surface area contributed by atoms with Crippen molar-refractivity contribution in [1.82, 2.24) is 4.72 Å². The van der Waals surface area contributed by atoms with Crippen molar-refractivity contribution in [2.45, 2.75) is 24.8 Å². The Bertz CT molecular complexity index is 1150. The van der Waals surface area contributed by atoms with Crippen molar-refractivity contribution in [1.29, 1.82) is 0 Å². The number of benzene rings is 2. The average molecular weight is 463 g/mol. The average Bonchev–Trinajstić information content (AvgIpc) is 2.75. The Morgan fingerprint density at radius 3 is 2.50 bits per heavy atom. The Morgan fingerprint density at radius 1 is 1.16 bits per heavy atom. The number of halogens is 1. The van der Waals surface area contributed by atoms with Crippen LogP contribution in [0.2, 0.25) is 0 Å². The molecule has 1 atom stereocenters. The number of esters is 1. The van der Waals surface area contributed by atoms with E-state index in [4.69, 9.17) is 4.74 Å². The number of ether oxygens (including phenoxy) is 1. The maximum atomic E-state index is 13.9. The third-order valence-electron chi connectivity index (χ3n) is 4.74. The summed E-state index contributed by atoms with van der Waals surface area (Å²) in [4.78, 5) is 37.7. The van der Waals surface area contributed by atoms with E-state index in [1.807, 2.05) is 0 Å². The van der Waals surface area contributed by atoms with E-state index in [-0.39, 0.29) is 6.54 Å². The summed E-state index contributed by atoms with van der Waals surface area (Å²) >= 11 is 0. The number of fused-ring (bicyclic) bond motifs is 1. The van der Waals surface area contributed by atoms with Crippen molar-refractivity contribution in [3.05, 3.63) is 54.3 Å². The summed E-state index contributed by atoms with van der Waals surface area (Å²) in [6.07, 6.45) is 0. The van der Waals surface area contributed by atoms with Gasteiger partial charge < -0.3 is 10.1 Å². The summed E-state index contributed by atoms with van der Waals surface area (Å²) in [5, 5.41) is 2.64. The minimum Gasteiger partial charge on any atom is -0.454 e. The zero-order valence-corrected chi connectivity index (χ0v) is 18.2. The molecule has 0 radical (unpaired) electrons. The van der Waals surface area contributed by atoms with Crippen LogP contribution < -0.4 is 14.9 Å². The number of nitrogens with one attached hydrogen (secondary N) is 2. The van der Waals surface area contributed by atoms with Gasteiger partial charge in [-0.2, -0.15) is 4.72 Å². The molecule has 0 spiro atoms. The van der Waals surface area contributed by atoms with Crippen LogP contribution in [0.3, 0.4) is 0 Å². The standard InChI is InChI=1S/C21H22FN3O6S/c1-13(2)20(24-32(29,30)17-10-6-3-7-14(17)22)21(28)31-12-19(27)25-11-18(26)23-15-8-4-5-9-16(15)25/h3-10,13,20,24H,11-12H2,1-2H3,(H,23,26)/t20-/m0/s1. The molecule has 2 amide bonds. The van der Waals surface area contributed by atoms with E-state index in [9.17, 15) is 27.2 Å². The SMILES string of the molecule is CC(C)[C@H](NS(=O)(=O)c1ccccc1F)C(=O)OCC(=O)N1CC(=O)Nc2ccccc21. The molecule has 9 nitrogen and oxygen atoms in total. The van der Waals surface area contributed by atoms with Gasteiger partial charge in [-0.3, -0.25) is 19.3 Å². The molecule has 0 saturated heterocycles. The fourth-order valence-electron chi connectivity index (χ4n) is 3.11. The summed E-state index contributed by atoms with van der Waals surface area (Å²) in [6, 6.07) is 10.0. The second-order valence-corrected chi connectivity index (χ2v) is 9.11. The molecule has 1 aliphatic rings. The zero-order chi connectivity index (χ0) is 23.5. The van der Waals surface area contributed by atoms with E-state index in [1.165, 1.54) is 17.0 Å². The molecule has 2 N–H and O–H groups in total. The number of rotatable bonds is 7. The highest BCUT2D eigenvalue weighted by atomic mass is 32.2. The van der Waals surface area contributed by atoms with Crippen LogP contribution in [0, 0.1) is 11.7 Å². The van der Waals surface area contributed by atoms with Crippen LogP contribution in [-0.2, 0) is 29.1 Å². The number of amides is 2. The largest absolute Gasteiger partial charge is 0.454 e. The number of hydrogen-bond acceptors (Lipinski definition) is 6. The molecule has 1 heterocycles. The third kappa shape index (κ3) is 5.11. The highest BCUT2D eigenvalue weighted by molar-refractivity contribution is 7.89. The van der Waals surface area contributed by atoms with Gasteiger partial charge in [-0.05, 0) is 30.2 Å². The van der Waals surface area contributed by atoms with Gasteiger partial charge in [0, 0.05) is 0 Å². The van der Waals surface area contributed by atoms with Gasteiger partial charge in [0.05, 0.1) is 11.4 Å². The van der Waals surface area contributed by atoms with Crippen LogP contribution in [0.15, 0.2) is 53.4 Å². The van der Waals surface area contributed by atoms with E-state index >= 15 is 0 Å². The summed E-state index contributed by atoms with van der Waals surface area (Å²) in [5.74, 6) is -3.57. The number of anilines is 2. The molecular weight excluding hydrogens is 441 g/mol. The molecule has 0 fully saturated rings. The third-order valence-corrected chi connectivity index (χ3v) is 6.21. The first-order valence-electron chi connectivity index (χ1n) is 9.73. The van der Waals surface area contributed by atoms with E-state index in [2.05, 4.69) is 10.0 Å². The van der Waals surface area contributed by atoms with Gasteiger partial charge in [0.1, 0.15) is 23.3 Å². The van der Waals surface area contributed by atoms with Gasteiger partial charge in [-0.1, -0.05) is 38.1 Å². The fourth-order valence-corrected chi connectivity index (χ4v) is 4.52. The van der Waals surface area contributed by atoms with Crippen LogP contribution >= 0.6 is 0 Å². The van der Waals surface area contributed by atoms with Gasteiger partial charge in [-0.25, -0.2) is 12.8 Å². The first kappa shape index (κ1) is 23.4. The Labute approximate surface area is 184 Å². The number of hydrogen-bond donors (Lipinski definition) is 2. The molecule has 1 aliphatic heterocycles. The highest BCUT2D eigenvalue weighted by Crippen LogP contribution is 2.28. The molecule has 0 aliphatic carbocycles. The minimum absolute atomic E-state index is 0.249. The van der Waals surface area contributed by atoms with Crippen LogP contribution in [-0.4, -0.2) is 45.4 Å². The highest BCUT2D eigenvalue weighted by Gasteiger charge is 2.32. The second-order valence-electron chi connectivity index (χ2n) is 7.43. The predicted octanol–water partition coefficient (Wildman–Crippen LogP) is 1.66. The first-order valence-corrected chi connectivity index (χ1v) is 11.2. The summed E-state index contributed by atoms with van der Waals surface area (Å²) in [7, 11) is -4.36. The lowest BCUT2D eigenvalue weighted by atomic mass is 10.1. The molecule has 0 unspecified atom stereocenters. The van der Waals surface area contributed by atoms with Gasteiger partial charge in [-0.15, -0.1) is 0 Å². The van der Waals surface area contributed by atoms with Gasteiger partial charge in [0.2, 0.25) is 15.9 Å². The topological polar surface area (TPSA) is 122 Å². The van der Waals surface area contributed by atoms with Gasteiger partial charge in [0.25, 0.3) is 5.91 Å². The predicted molar refractivity (Wildman–Crippen MR) is 114 cm³/mol. The molecular formula is C21H22FN3O6S. The lowest BCUT2D eigenvalue weighted by Gasteiger charge is -2.29. The Kier molecular flexibility index (Phi) is 6.90. The molecule has 0 bridgehead atoms. The fraction of sp³-hybridized carbons (Fsp3) is 0.286. The number of para-hydroxylation sites is 2. The van der Waals surface area contributed by atoms with Crippen molar-refractivity contribution in [2.75, 3.05) is 23.4 Å². The molecule has 170 valence electrons. The molecule has 32 heavy (non-hydrogen) atoms. The lowest BCUT2D eigenvalue weighted by molar-refractivity contribution is -0.150. The van der Waals surface area contributed by atoms with Crippen LogP contribution in [0.25, 0.3) is 0 Å². The quantitative estimate of drug-likeness (QED) is 0.603. The Hall–Kier alpha value is -3.31. The van der Waals surface area contributed by atoms with Crippen molar-refractivity contribution < 1.29 is 31.9 Å². The minimum atomic E-state index is -4.36. The van der Waals surface area contributed by atoms with Crippen molar-refractivity contribution >= 4 is 39.2 Å². The van der Waals surface area contributed by atoms with Crippen LogP contribution in [0.4, 0.5) is 15.8 Å². The molecule has 3 rings (SSSR count). The molecule has 0 saturated carbocycles. The van der Waals surface area contributed by atoms with E-state index in [0.717, 1.165) is 12.1 Å². The Balaban J connectivity index is 1.70. The van der Waals surface area contributed by atoms with E-state index < -0.39 is 57.1 Å². The zero-order valence-electron chi connectivity index (χ0n) is 17.4. The normalized spacial score (nSPS) is 14.5. The second kappa shape index (κ2) is 9.45. The lowest BCUT2D eigenvalue weighted by Crippen LogP contribution is -2.47. The molecule has 2 aromatic rings. The van der Waals surface area contributed by atoms with Gasteiger partial charge >= 0.3 is 5.97 Å². The van der Waals surface area contributed by atoms with Crippen molar-refractivity contribution in [3.63, 3.8) is 0 Å². The Morgan fingerprint density at radius 2 is 1.81 bits per heavy atom. The van der Waals surface area contributed by atoms with Crippen molar-refractivity contribution in [2.24, 2.45) is 5.92 Å². The van der Waals surface area contributed by atoms with Crippen LogP contribution in [0.5, 0.6) is 0 Å². The maximum absolute atomic E-state index is 13.9. The summed E-state index contributed by atoms with van der Waals surface area (Å²) in [5.41, 5.74) is 0.898. The van der Waals surface area contributed by atoms with Gasteiger partial charge in [0.15, 0.2) is 6.61 Å². The van der Waals surface area contributed by atoms with E-state index in [0.29, 0.717) is 11.4 Å². The molecule has 0 aromatic heterocycles. The molecule has 2 aromatic carbocycles. The monoisotopic (exact) mass is 463 g/mol. The first-order chi connectivity index (χ1) is 15.1.